The molecular weight excluding hydrogens is 250 g/mol. The average Bonchev–Trinajstić information content (AvgIpc) is 2.88. The van der Waals surface area contributed by atoms with Crippen LogP contribution in [0.15, 0.2) is 0 Å². The number of hydrogen-bond acceptors (Lipinski definition) is 5. The molecule has 1 fully saturated rings. The van der Waals surface area contributed by atoms with Crippen LogP contribution in [0.25, 0.3) is 0 Å². The lowest BCUT2D eigenvalue weighted by molar-refractivity contribution is -0.146. The zero-order valence-electron chi connectivity index (χ0n) is 11.6. The molecule has 6 heteroatoms. The average molecular weight is 273 g/mol. The topological polar surface area (TPSA) is 76.1 Å². The molecular formula is C13H23NO5. The van der Waals surface area contributed by atoms with Gasteiger partial charge in [-0.15, -0.1) is 0 Å². The Labute approximate surface area is 113 Å². The summed E-state index contributed by atoms with van der Waals surface area (Å²) in [5.74, 6) is -1.18. The Morgan fingerprint density at radius 1 is 1.53 bits per heavy atom. The van der Waals surface area contributed by atoms with Gasteiger partial charge in [0, 0.05) is 19.7 Å². The number of nitrogens with zero attached hydrogens (tertiary/aromatic N) is 1. The van der Waals surface area contributed by atoms with Crippen LogP contribution in [0.3, 0.4) is 0 Å². The van der Waals surface area contributed by atoms with Crippen molar-refractivity contribution in [3.8, 4) is 0 Å². The van der Waals surface area contributed by atoms with Gasteiger partial charge in [0.2, 0.25) is 0 Å². The number of esters is 1. The van der Waals surface area contributed by atoms with E-state index < -0.39 is 12.0 Å². The standard InChI is InChI=1S/C13H23NO5/c1-3-11(13(16)17)14(7-6-12(15)18-2)9-10-5-4-8-19-10/h10-11H,3-9H2,1-2H3,(H,16,17). The van der Waals surface area contributed by atoms with Crippen molar-refractivity contribution in [1.82, 2.24) is 4.90 Å². The van der Waals surface area contributed by atoms with Crippen LogP contribution < -0.4 is 0 Å². The van der Waals surface area contributed by atoms with E-state index in [0.29, 0.717) is 19.5 Å². The normalized spacial score (nSPS) is 20.5. The summed E-state index contributed by atoms with van der Waals surface area (Å²) in [6, 6.07) is -0.575. The van der Waals surface area contributed by atoms with Crippen molar-refractivity contribution in [1.29, 1.82) is 0 Å². The summed E-state index contributed by atoms with van der Waals surface area (Å²) in [6.07, 6.45) is 2.74. The molecule has 2 unspecified atom stereocenters. The van der Waals surface area contributed by atoms with Gasteiger partial charge in [-0.2, -0.15) is 0 Å². The summed E-state index contributed by atoms with van der Waals surface area (Å²) in [5, 5.41) is 9.24. The van der Waals surface area contributed by atoms with Crippen LogP contribution in [0.2, 0.25) is 0 Å². The number of rotatable bonds is 8. The first-order valence-corrected chi connectivity index (χ1v) is 6.73. The van der Waals surface area contributed by atoms with E-state index in [-0.39, 0.29) is 18.5 Å². The lowest BCUT2D eigenvalue weighted by Gasteiger charge is -2.29. The highest BCUT2D eigenvalue weighted by Gasteiger charge is 2.28. The van der Waals surface area contributed by atoms with Gasteiger partial charge in [-0.1, -0.05) is 6.92 Å². The Kier molecular flexibility index (Phi) is 6.80. The van der Waals surface area contributed by atoms with Crippen LogP contribution in [-0.2, 0) is 19.1 Å². The summed E-state index contributed by atoms with van der Waals surface area (Å²) >= 11 is 0. The van der Waals surface area contributed by atoms with Gasteiger partial charge < -0.3 is 14.6 Å². The molecule has 19 heavy (non-hydrogen) atoms. The molecule has 1 rings (SSSR count). The number of carboxylic acids is 1. The van der Waals surface area contributed by atoms with Crippen molar-refractivity contribution in [2.75, 3.05) is 26.8 Å². The maximum Gasteiger partial charge on any atom is 0.320 e. The molecule has 1 aliphatic heterocycles. The van der Waals surface area contributed by atoms with Crippen LogP contribution >= 0.6 is 0 Å². The van der Waals surface area contributed by atoms with Crippen LogP contribution in [-0.4, -0.2) is 60.9 Å². The van der Waals surface area contributed by atoms with Gasteiger partial charge in [-0.25, -0.2) is 0 Å². The molecule has 1 aliphatic rings. The molecule has 0 spiro atoms. The van der Waals surface area contributed by atoms with E-state index in [2.05, 4.69) is 4.74 Å². The highest BCUT2D eigenvalue weighted by atomic mass is 16.5. The zero-order valence-corrected chi connectivity index (χ0v) is 11.6. The van der Waals surface area contributed by atoms with E-state index in [4.69, 9.17) is 4.74 Å². The third-order valence-corrected chi connectivity index (χ3v) is 3.41. The number of carbonyl (C=O) groups excluding carboxylic acids is 1. The number of methoxy groups -OCH3 is 1. The highest BCUT2D eigenvalue weighted by Crippen LogP contribution is 2.16. The number of aliphatic carboxylic acids is 1. The Balaban J connectivity index is 2.59. The number of carbonyl (C=O) groups is 2. The maximum atomic E-state index is 11.3. The molecule has 1 N–H and O–H groups in total. The first kappa shape index (κ1) is 15.9. The summed E-state index contributed by atoms with van der Waals surface area (Å²) < 4.78 is 10.1. The minimum Gasteiger partial charge on any atom is -0.480 e. The van der Waals surface area contributed by atoms with E-state index >= 15 is 0 Å². The number of carboxylic acid groups (broad SMARTS) is 1. The zero-order chi connectivity index (χ0) is 14.3. The largest absolute Gasteiger partial charge is 0.480 e. The van der Waals surface area contributed by atoms with Gasteiger partial charge in [-0.3, -0.25) is 14.5 Å². The fourth-order valence-corrected chi connectivity index (χ4v) is 2.35. The molecule has 6 nitrogen and oxygen atoms in total. The molecule has 0 bridgehead atoms. The van der Waals surface area contributed by atoms with Crippen molar-refractivity contribution >= 4 is 11.9 Å². The minimum atomic E-state index is -0.856. The van der Waals surface area contributed by atoms with E-state index in [1.807, 2.05) is 11.8 Å². The van der Waals surface area contributed by atoms with Crippen molar-refractivity contribution < 1.29 is 24.2 Å². The van der Waals surface area contributed by atoms with Gasteiger partial charge in [0.05, 0.1) is 19.6 Å². The Morgan fingerprint density at radius 3 is 2.74 bits per heavy atom. The Hall–Kier alpha value is -1.14. The van der Waals surface area contributed by atoms with Crippen molar-refractivity contribution in [3.63, 3.8) is 0 Å². The SMILES string of the molecule is CCC(C(=O)O)N(CCC(=O)OC)CC1CCCO1. The highest BCUT2D eigenvalue weighted by molar-refractivity contribution is 5.73. The molecule has 1 saturated heterocycles. The smallest absolute Gasteiger partial charge is 0.320 e. The van der Waals surface area contributed by atoms with Crippen LogP contribution in [0.1, 0.15) is 32.6 Å². The predicted octanol–water partition coefficient (Wildman–Crippen LogP) is 0.894. The van der Waals surface area contributed by atoms with E-state index in [1.165, 1.54) is 7.11 Å². The summed E-state index contributed by atoms with van der Waals surface area (Å²) in [7, 11) is 1.33. The predicted molar refractivity (Wildman–Crippen MR) is 68.9 cm³/mol. The first-order chi connectivity index (χ1) is 9.08. The van der Waals surface area contributed by atoms with Gasteiger partial charge in [0.1, 0.15) is 6.04 Å². The van der Waals surface area contributed by atoms with E-state index in [1.54, 1.807) is 0 Å². The molecule has 0 aromatic rings. The fourth-order valence-electron chi connectivity index (χ4n) is 2.35. The Bertz CT molecular complexity index is 301. The second kappa shape index (κ2) is 8.12. The molecule has 0 aromatic heterocycles. The number of hydrogen-bond donors (Lipinski definition) is 1. The quantitative estimate of drug-likeness (QED) is 0.662. The second-order valence-electron chi connectivity index (χ2n) is 4.72. The van der Waals surface area contributed by atoms with Gasteiger partial charge in [-0.05, 0) is 19.3 Å². The van der Waals surface area contributed by atoms with Gasteiger partial charge in [0.15, 0.2) is 0 Å². The van der Waals surface area contributed by atoms with Crippen molar-refractivity contribution in [2.45, 2.75) is 44.8 Å². The van der Waals surface area contributed by atoms with Crippen LogP contribution in [0, 0.1) is 0 Å². The van der Waals surface area contributed by atoms with Crippen molar-refractivity contribution in [2.24, 2.45) is 0 Å². The van der Waals surface area contributed by atoms with Crippen LogP contribution in [0.5, 0.6) is 0 Å². The number of ether oxygens (including phenoxy) is 2. The van der Waals surface area contributed by atoms with E-state index in [9.17, 15) is 14.7 Å². The summed E-state index contributed by atoms with van der Waals surface area (Å²) in [4.78, 5) is 24.3. The molecule has 0 amide bonds. The third kappa shape index (κ3) is 5.16. The molecule has 110 valence electrons. The van der Waals surface area contributed by atoms with Gasteiger partial charge >= 0.3 is 11.9 Å². The molecule has 0 saturated carbocycles. The fraction of sp³-hybridized carbons (Fsp3) is 0.846. The molecule has 0 radical (unpaired) electrons. The second-order valence-corrected chi connectivity index (χ2v) is 4.72. The molecule has 1 heterocycles. The molecule has 0 aromatic carbocycles. The summed E-state index contributed by atoms with van der Waals surface area (Å²) in [6.45, 7) is 3.51. The van der Waals surface area contributed by atoms with Crippen LogP contribution in [0.4, 0.5) is 0 Å². The minimum absolute atomic E-state index is 0.0750. The third-order valence-electron chi connectivity index (χ3n) is 3.41. The Morgan fingerprint density at radius 2 is 2.26 bits per heavy atom. The monoisotopic (exact) mass is 273 g/mol. The van der Waals surface area contributed by atoms with Gasteiger partial charge in [0.25, 0.3) is 0 Å². The molecule has 2 atom stereocenters. The van der Waals surface area contributed by atoms with Crippen molar-refractivity contribution in [3.05, 3.63) is 0 Å². The maximum absolute atomic E-state index is 11.3. The molecule has 0 aliphatic carbocycles. The summed E-state index contributed by atoms with van der Waals surface area (Å²) in [5.41, 5.74) is 0. The van der Waals surface area contributed by atoms with E-state index in [0.717, 1.165) is 19.4 Å². The lowest BCUT2D eigenvalue weighted by atomic mass is 10.1. The lowest BCUT2D eigenvalue weighted by Crippen LogP contribution is -2.45. The first-order valence-electron chi connectivity index (χ1n) is 6.73.